The predicted octanol–water partition coefficient (Wildman–Crippen LogP) is 2.80. The maximum atomic E-state index is 9.25. The van der Waals surface area contributed by atoms with Crippen LogP contribution in [0.3, 0.4) is 0 Å². The molecule has 0 unspecified atom stereocenters. The van der Waals surface area contributed by atoms with Gasteiger partial charge in [-0.2, -0.15) is 0 Å². The molecule has 71 valence electrons. The first kappa shape index (κ1) is 14.0. The highest BCUT2D eigenvalue weighted by molar-refractivity contribution is 6.58. The van der Waals surface area contributed by atoms with Crippen molar-refractivity contribution in [3.8, 4) is 0 Å². The molecule has 12 heavy (non-hydrogen) atoms. The van der Waals surface area contributed by atoms with Gasteiger partial charge in [0.2, 0.25) is 0 Å². The largest absolute Gasteiger partial charge is 0.478 e. The Kier molecular flexibility index (Phi) is 12.1. The summed E-state index contributed by atoms with van der Waals surface area (Å²) < 4.78 is 0. The molecule has 0 aliphatic carbocycles. The van der Waals surface area contributed by atoms with E-state index in [2.05, 4.69) is 27.4 Å². The second kappa shape index (κ2) is 10.4. The zero-order valence-electron chi connectivity index (χ0n) is 8.26. The zero-order chi connectivity index (χ0) is 9.98. The fourth-order valence-corrected chi connectivity index (χ4v) is 2.25. The summed E-state index contributed by atoms with van der Waals surface area (Å²) >= 11 is 0. The number of aliphatic carboxylic acids is 1. The van der Waals surface area contributed by atoms with Crippen molar-refractivity contribution in [2.24, 2.45) is 0 Å². The molecular formula is C9H19O2Si. The Morgan fingerprint density at radius 2 is 1.58 bits per heavy atom. The molecule has 1 N–H and O–H groups in total. The Morgan fingerprint density at radius 3 is 1.58 bits per heavy atom. The van der Waals surface area contributed by atoms with Crippen LogP contribution in [0.15, 0.2) is 12.7 Å². The summed E-state index contributed by atoms with van der Waals surface area (Å²) in [5, 5.41) is 7.60. The van der Waals surface area contributed by atoms with Crippen molar-refractivity contribution in [1.29, 1.82) is 0 Å². The number of rotatable bonds is 4. The molecule has 0 saturated heterocycles. The van der Waals surface area contributed by atoms with Gasteiger partial charge in [-0.1, -0.05) is 45.5 Å². The second-order valence-electron chi connectivity index (χ2n) is 2.35. The standard InChI is InChI=1S/C6H15Si.C3H4O2/c1-4-7(5-2)6-3;1-2-3(4)5/h4-6H2,1-3H3;2H,1H2,(H,4,5). The van der Waals surface area contributed by atoms with E-state index in [1.807, 2.05) is 0 Å². The van der Waals surface area contributed by atoms with Crippen LogP contribution in [-0.2, 0) is 4.79 Å². The molecule has 0 saturated carbocycles. The normalized spacial score (nSPS) is 8.67. The Bertz CT molecular complexity index is 114. The summed E-state index contributed by atoms with van der Waals surface area (Å²) in [5.41, 5.74) is 0. The van der Waals surface area contributed by atoms with Gasteiger partial charge in [0.05, 0.1) is 0 Å². The maximum absolute atomic E-state index is 9.25. The molecule has 1 radical (unpaired) electrons. The SMILES string of the molecule is C=CC(=O)O.CC[Si](CC)CC. The van der Waals surface area contributed by atoms with Crippen LogP contribution in [0.1, 0.15) is 20.8 Å². The van der Waals surface area contributed by atoms with Gasteiger partial charge in [-0.3, -0.25) is 0 Å². The third-order valence-corrected chi connectivity index (χ3v) is 4.67. The van der Waals surface area contributed by atoms with Gasteiger partial charge in [0.25, 0.3) is 0 Å². The fourth-order valence-electron chi connectivity index (χ4n) is 0.750. The lowest BCUT2D eigenvalue weighted by molar-refractivity contribution is -0.131. The highest BCUT2D eigenvalue weighted by Gasteiger charge is 1.98. The van der Waals surface area contributed by atoms with Gasteiger partial charge >= 0.3 is 5.97 Å². The topological polar surface area (TPSA) is 37.3 Å². The molecule has 0 aliphatic heterocycles. The van der Waals surface area contributed by atoms with Crippen LogP contribution < -0.4 is 0 Å². The highest BCUT2D eigenvalue weighted by Crippen LogP contribution is 2.01. The number of carboxylic acid groups (broad SMARTS) is 1. The molecule has 0 heterocycles. The molecule has 0 fully saturated rings. The van der Waals surface area contributed by atoms with E-state index in [9.17, 15) is 4.79 Å². The Hall–Kier alpha value is -0.573. The summed E-state index contributed by atoms with van der Waals surface area (Å²) in [5.74, 6) is -0.981. The van der Waals surface area contributed by atoms with Crippen LogP contribution >= 0.6 is 0 Å². The van der Waals surface area contributed by atoms with Gasteiger partial charge < -0.3 is 5.11 Å². The van der Waals surface area contributed by atoms with Crippen LogP contribution in [-0.4, -0.2) is 19.9 Å². The molecule has 0 spiro atoms. The van der Waals surface area contributed by atoms with Crippen molar-refractivity contribution < 1.29 is 9.90 Å². The quantitative estimate of drug-likeness (QED) is 0.543. The van der Waals surface area contributed by atoms with Gasteiger partial charge in [-0.25, -0.2) is 4.79 Å². The number of carbonyl (C=O) groups is 1. The Balaban J connectivity index is 0. The van der Waals surface area contributed by atoms with Crippen molar-refractivity contribution >= 4 is 14.8 Å². The molecule has 0 aliphatic rings. The van der Waals surface area contributed by atoms with Crippen molar-refractivity contribution in [2.45, 2.75) is 38.9 Å². The lowest BCUT2D eigenvalue weighted by Gasteiger charge is -2.02. The van der Waals surface area contributed by atoms with E-state index in [4.69, 9.17) is 5.11 Å². The molecule has 0 aromatic carbocycles. The van der Waals surface area contributed by atoms with Gasteiger partial charge in [0.15, 0.2) is 0 Å². The molecule has 0 rings (SSSR count). The number of carboxylic acids is 1. The van der Waals surface area contributed by atoms with E-state index in [-0.39, 0.29) is 8.80 Å². The van der Waals surface area contributed by atoms with E-state index in [0.717, 1.165) is 6.08 Å². The third kappa shape index (κ3) is 12.1. The van der Waals surface area contributed by atoms with Gasteiger partial charge in [-0.05, 0) is 0 Å². The summed E-state index contributed by atoms with van der Waals surface area (Å²) in [6, 6.07) is 4.37. The Labute approximate surface area is 76.9 Å². The van der Waals surface area contributed by atoms with Crippen LogP contribution in [0.4, 0.5) is 0 Å². The van der Waals surface area contributed by atoms with Crippen molar-refractivity contribution in [3.63, 3.8) is 0 Å². The van der Waals surface area contributed by atoms with Gasteiger partial charge in [-0.15, -0.1) is 0 Å². The minimum atomic E-state index is -0.981. The lowest BCUT2D eigenvalue weighted by atomic mass is 10.7. The van der Waals surface area contributed by atoms with Crippen molar-refractivity contribution in [3.05, 3.63) is 12.7 Å². The second-order valence-corrected chi connectivity index (χ2v) is 5.97. The molecule has 0 aromatic rings. The smallest absolute Gasteiger partial charge is 0.327 e. The Morgan fingerprint density at radius 1 is 1.33 bits per heavy atom. The average molecular weight is 187 g/mol. The maximum Gasteiger partial charge on any atom is 0.327 e. The van der Waals surface area contributed by atoms with E-state index in [1.165, 1.54) is 18.1 Å². The van der Waals surface area contributed by atoms with E-state index in [0.29, 0.717) is 0 Å². The van der Waals surface area contributed by atoms with E-state index >= 15 is 0 Å². The number of hydrogen-bond acceptors (Lipinski definition) is 1. The molecule has 0 aromatic heterocycles. The summed E-state index contributed by atoms with van der Waals surface area (Å²) in [6.07, 6.45) is 0.833. The first-order valence-corrected chi connectivity index (χ1v) is 6.43. The van der Waals surface area contributed by atoms with Crippen LogP contribution in [0.25, 0.3) is 0 Å². The summed E-state index contributed by atoms with van der Waals surface area (Å²) in [7, 11) is 0.137. The first-order valence-electron chi connectivity index (χ1n) is 4.31. The van der Waals surface area contributed by atoms with Crippen LogP contribution in [0, 0.1) is 0 Å². The van der Waals surface area contributed by atoms with E-state index < -0.39 is 5.97 Å². The van der Waals surface area contributed by atoms with Crippen molar-refractivity contribution in [2.75, 3.05) is 0 Å². The van der Waals surface area contributed by atoms with Crippen LogP contribution in [0.5, 0.6) is 0 Å². The lowest BCUT2D eigenvalue weighted by Crippen LogP contribution is -2.04. The minimum absolute atomic E-state index is 0.137. The molecule has 0 amide bonds. The summed E-state index contributed by atoms with van der Waals surface area (Å²) in [6.45, 7) is 9.88. The first-order chi connectivity index (χ1) is 5.62. The van der Waals surface area contributed by atoms with Gasteiger partial charge in [0.1, 0.15) is 0 Å². The molecular weight excluding hydrogens is 168 g/mol. The predicted molar refractivity (Wildman–Crippen MR) is 55.0 cm³/mol. The van der Waals surface area contributed by atoms with E-state index in [1.54, 1.807) is 0 Å². The van der Waals surface area contributed by atoms with Gasteiger partial charge in [0, 0.05) is 14.9 Å². The average Bonchev–Trinajstić information content (AvgIpc) is 2.09. The zero-order valence-corrected chi connectivity index (χ0v) is 9.26. The monoisotopic (exact) mass is 187 g/mol. The summed E-state index contributed by atoms with van der Waals surface area (Å²) in [4.78, 5) is 9.25. The molecule has 0 bridgehead atoms. The highest BCUT2D eigenvalue weighted by atomic mass is 28.3. The van der Waals surface area contributed by atoms with Crippen LogP contribution in [0.2, 0.25) is 18.1 Å². The minimum Gasteiger partial charge on any atom is -0.478 e. The third-order valence-electron chi connectivity index (χ3n) is 1.67. The molecule has 3 heteroatoms. The molecule has 2 nitrogen and oxygen atoms in total. The fraction of sp³-hybridized carbons (Fsp3) is 0.667. The van der Waals surface area contributed by atoms with Crippen molar-refractivity contribution in [1.82, 2.24) is 0 Å². The molecule has 0 atom stereocenters. The number of hydrogen-bond donors (Lipinski definition) is 1.